The molecule has 0 spiro atoms. The molecule has 3 aliphatic heterocycles. The highest BCUT2D eigenvalue weighted by Crippen LogP contribution is 2.46. The van der Waals surface area contributed by atoms with Crippen molar-refractivity contribution in [1.82, 2.24) is 9.80 Å². The Labute approximate surface area is 128 Å². The predicted molar refractivity (Wildman–Crippen MR) is 88.3 cm³/mol. The summed E-state index contributed by atoms with van der Waals surface area (Å²) in [4.78, 5) is 5.51. The average Bonchev–Trinajstić information content (AvgIpc) is 2.47. The molecule has 3 heterocycles. The molecule has 3 rings (SSSR count). The number of hydrogen-bond donors (Lipinski definition) is 1. The van der Waals surface area contributed by atoms with Crippen LogP contribution in [-0.2, 0) is 0 Å². The van der Waals surface area contributed by atoms with Gasteiger partial charge in [0.05, 0.1) is 0 Å². The lowest BCUT2D eigenvalue weighted by Crippen LogP contribution is -2.70. The van der Waals surface area contributed by atoms with E-state index in [-0.39, 0.29) is 5.54 Å². The first-order valence-corrected chi connectivity index (χ1v) is 9.51. The summed E-state index contributed by atoms with van der Waals surface area (Å²) >= 11 is 2.12. The molecule has 2 N–H and O–H groups in total. The quantitative estimate of drug-likeness (QED) is 0.845. The fraction of sp³-hybridized carbons (Fsp3) is 1.00. The van der Waals surface area contributed by atoms with Crippen LogP contribution in [0, 0.1) is 5.41 Å². The van der Waals surface area contributed by atoms with Gasteiger partial charge in [-0.25, -0.2) is 0 Å². The minimum absolute atomic E-state index is 0.222. The van der Waals surface area contributed by atoms with Gasteiger partial charge in [0.1, 0.15) is 0 Å². The Morgan fingerprint density at radius 3 is 2.80 bits per heavy atom. The van der Waals surface area contributed by atoms with Gasteiger partial charge >= 0.3 is 0 Å². The zero-order chi connectivity index (χ0) is 14.2. The van der Waals surface area contributed by atoms with Crippen molar-refractivity contribution in [2.24, 2.45) is 11.1 Å². The maximum Gasteiger partial charge on any atom is 0.0474 e. The summed E-state index contributed by atoms with van der Waals surface area (Å²) in [6, 6.07) is 0.795. The number of piperazine rings is 1. The molecule has 3 fully saturated rings. The van der Waals surface area contributed by atoms with Crippen LogP contribution in [0.1, 0.15) is 39.5 Å². The summed E-state index contributed by atoms with van der Waals surface area (Å²) in [5.74, 6) is 2.53. The van der Waals surface area contributed by atoms with Crippen molar-refractivity contribution in [2.75, 3.05) is 44.2 Å². The van der Waals surface area contributed by atoms with E-state index in [4.69, 9.17) is 5.73 Å². The lowest BCUT2D eigenvalue weighted by Gasteiger charge is -2.59. The van der Waals surface area contributed by atoms with Crippen molar-refractivity contribution in [3.8, 4) is 0 Å². The number of rotatable bonds is 2. The van der Waals surface area contributed by atoms with Gasteiger partial charge in [-0.05, 0) is 37.0 Å². The van der Waals surface area contributed by atoms with E-state index in [9.17, 15) is 0 Å². The molecule has 2 atom stereocenters. The summed E-state index contributed by atoms with van der Waals surface area (Å²) in [6.07, 6.45) is 5.52. The van der Waals surface area contributed by atoms with Crippen LogP contribution < -0.4 is 5.73 Å². The molecule has 20 heavy (non-hydrogen) atoms. The summed E-state index contributed by atoms with van der Waals surface area (Å²) < 4.78 is 0. The lowest BCUT2D eigenvalue weighted by atomic mass is 9.69. The van der Waals surface area contributed by atoms with Crippen molar-refractivity contribution in [3.05, 3.63) is 0 Å². The first kappa shape index (κ1) is 15.1. The highest BCUT2D eigenvalue weighted by Gasteiger charge is 2.51. The number of hydrogen-bond acceptors (Lipinski definition) is 4. The molecule has 3 nitrogen and oxygen atoms in total. The summed E-state index contributed by atoms with van der Waals surface area (Å²) in [5, 5.41) is 0. The zero-order valence-electron chi connectivity index (χ0n) is 13.2. The zero-order valence-corrected chi connectivity index (χ0v) is 14.1. The van der Waals surface area contributed by atoms with Crippen LogP contribution in [-0.4, -0.2) is 65.6 Å². The molecular formula is C16H31N3S. The Morgan fingerprint density at radius 2 is 2.05 bits per heavy atom. The summed E-state index contributed by atoms with van der Waals surface area (Å²) in [5.41, 5.74) is 6.92. The molecule has 116 valence electrons. The van der Waals surface area contributed by atoms with Crippen molar-refractivity contribution in [2.45, 2.75) is 51.1 Å². The molecule has 0 saturated carbocycles. The van der Waals surface area contributed by atoms with Gasteiger partial charge in [0.2, 0.25) is 0 Å². The van der Waals surface area contributed by atoms with Gasteiger partial charge in [0, 0.05) is 43.5 Å². The second-order valence-electron chi connectivity index (χ2n) is 7.55. The predicted octanol–water partition coefficient (Wildman–Crippen LogP) is 2.02. The standard InChI is InChI=1S/C16H31N3S/c1-15(2)6-10-20-13-16(15,12-17)19-9-8-18-7-4-3-5-14(18)11-19/h14H,3-13,17H2,1-2H3. The first-order chi connectivity index (χ1) is 9.59. The van der Waals surface area contributed by atoms with Gasteiger partial charge in [-0.15, -0.1) is 0 Å². The van der Waals surface area contributed by atoms with E-state index in [1.165, 1.54) is 63.4 Å². The molecular weight excluding hydrogens is 266 g/mol. The smallest absolute Gasteiger partial charge is 0.0474 e. The maximum atomic E-state index is 6.34. The van der Waals surface area contributed by atoms with Crippen LogP contribution in [0.25, 0.3) is 0 Å². The largest absolute Gasteiger partial charge is 0.329 e. The monoisotopic (exact) mass is 297 g/mol. The second kappa shape index (κ2) is 5.79. The van der Waals surface area contributed by atoms with E-state index in [2.05, 4.69) is 35.4 Å². The van der Waals surface area contributed by atoms with Gasteiger partial charge in [-0.1, -0.05) is 20.3 Å². The molecule has 0 aromatic rings. The van der Waals surface area contributed by atoms with Gasteiger partial charge in [0.15, 0.2) is 0 Å². The van der Waals surface area contributed by atoms with Crippen molar-refractivity contribution in [1.29, 1.82) is 0 Å². The number of nitrogens with zero attached hydrogens (tertiary/aromatic N) is 2. The normalized spacial score (nSPS) is 39.5. The highest BCUT2D eigenvalue weighted by molar-refractivity contribution is 7.99. The summed E-state index contributed by atoms with van der Waals surface area (Å²) in [6.45, 7) is 10.8. The Bertz CT molecular complexity index is 347. The molecule has 3 aliphatic rings. The van der Waals surface area contributed by atoms with Crippen LogP contribution in [0.3, 0.4) is 0 Å². The maximum absolute atomic E-state index is 6.34. The highest BCUT2D eigenvalue weighted by atomic mass is 32.2. The Kier molecular flexibility index (Phi) is 4.38. The minimum Gasteiger partial charge on any atom is -0.329 e. The molecule has 0 aromatic heterocycles. The van der Waals surface area contributed by atoms with E-state index in [1.54, 1.807) is 0 Å². The third-order valence-corrected chi connectivity index (χ3v) is 7.43. The van der Waals surface area contributed by atoms with Crippen molar-refractivity contribution < 1.29 is 0 Å². The lowest BCUT2D eigenvalue weighted by molar-refractivity contribution is -0.0551. The van der Waals surface area contributed by atoms with E-state index in [0.29, 0.717) is 5.41 Å². The molecule has 3 saturated heterocycles. The van der Waals surface area contributed by atoms with Crippen LogP contribution in [0.2, 0.25) is 0 Å². The van der Waals surface area contributed by atoms with Crippen LogP contribution in [0.15, 0.2) is 0 Å². The van der Waals surface area contributed by atoms with E-state index >= 15 is 0 Å². The van der Waals surface area contributed by atoms with E-state index in [1.807, 2.05) is 0 Å². The van der Waals surface area contributed by atoms with Gasteiger partial charge < -0.3 is 5.73 Å². The number of thioether (sulfide) groups is 1. The number of piperidine rings is 1. The molecule has 0 aromatic carbocycles. The molecule has 0 bridgehead atoms. The Hall–Kier alpha value is 0.230. The van der Waals surface area contributed by atoms with E-state index < -0.39 is 0 Å². The Balaban J connectivity index is 1.79. The molecule has 0 amide bonds. The topological polar surface area (TPSA) is 32.5 Å². The van der Waals surface area contributed by atoms with Gasteiger partial charge in [-0.3, -0.25) is 9.80 Å². The van der Waals surface area contributed by atoms with Crippen molar-refractivity contribution in [3.63, 3.8) is 0 Å². The fourth-order valence-corrected chi connectivity index (χ4v) is 6.35. The van der Waals surface area contributed by atoms with E-state index in [0.717, 1.165) is 12.6 Å². The molecule has 0 radical (unpaired) electrons. The van der Waals surface area contributed by atoms with Crippen LogP contribution in [0.4, 0.5) is 0 Å². The number of nitrogens with two attached hydrogens (primary N) is 1. The summed E-state index contributed by atoms with van der Waals surface area (Å²) in [7, 11) is 0. The van der Waals surface area contributed by atoms with Crippen LogP contribution >= 0.6 is 11.8 Å². The fourth-order valence-electron chi connectivity index (χ4n) is 4.52. The van der Waals surface area contributed by atoms with Crippen molar-refractivity contribution >= 4 is 11.8 Å². The molecule has 0 aliphatic carbocycles. The molecule has 4 heteroatoms. The van der Waals surface area contributed by atoms with Gasteiger partial charge in [0.25, 0.3) is 0 Å². The number of fused-ring (bicyclic) bond motifs is 1. The third kappa shape index (κ3) is 2.43. The Morgan fingerprint density at radius 1 is 1.20 bits per heavy atom. The minimum atomic E-state index is 0.222. The molecule has 2 unspecified atom stereocenters. The SMILES string of the molecule is CC1(C)CCSCC1(CN)N1CCN2CCCCC2C1. The third-order valence-electron chi connectivity index (χ3n) is 6.25. The first-order valence-electron chi connectivity index (χ1n) is 8.36. The van der Waals surface area contributed by atoms with Gasteiger partial charge in [-0.2, -0.15) is 11.8 Å². The average molecular weight is 298 g/mol. The second-order valence-corrected chi connectivity index (χ2v) is 8.66. The van der Waals surface area contributed by atoms with Crippen LogP contribution in [0.5, 0.6) is 0 Å².